The number of aromatic nitrogens is 3. The van der Waals surface area contributed by atoms with Gasteiger partial charge in [0.05, 0.1) is 24.0 Å². The van der Waals surface area contributed by atoms with Crippen LogP contribution in [0.1, 0.15) is 10.5 Å². The summed E-state index contributed by atoms with van der Waals surface area (Å²) in [7, 11) is 0. The van der Waals surface area contributed by atoms with Crippen LogP contribution in [-0.2, 0) is 4.79 Å². The summed E-state index contributed by atoms with van der Waals surface area (Å²) >= 11 is 1.47. The number of fused-ring (bicyclic) bond motifs is 1. The SMILES string of the molecule is [3H]C([3H])([3H])N1CCN(c2cc3sc(-c4ccc(N5CC[C@@H](F)C5)nc4)nc3cn2)C(=O)C1. The zero-order valence-electron chi connectivity index (χ0n) is 18.6. The highest BCUT2D eigenvalue weighted by atomic mass is 32.1. The molecule has 0 aliphatic carbocycles. The summed E-state index contributed by atoms with van der Waals surface area (Å²) in [5.41, 5.74) is 1.57. The normalized spacial score (nSPS) is 22.7. The summed E-state index contributed by atoms with van der Waals surface area (Å²) in [6, 6.07) is 5.62. The summed E-state index contributed by atoms with van der Waals surface area (Å²) in [5.74, 6) is 0.959. The first-order chi connectivity index (χ1) is 15.3. The molecule has 1 amide bonds. The Balaban J connectivity index is 1.35. The smallest absolute Gasteiger partial charge is 0.242 e. The molecule has 5 heterocycles. The lowest BCUT2D eigenvalue weighted by atomic mass is 10.3. The van der Waals surface area contributed by atoms with Gasteiger partial charge in [0.15, 0.2) is 0 Å². The van der Waals surface area contributed by atoms with E-state index in [0.717, 1.165) is 21.1 Å². The molecule has 2 fully saturated rings. The van der Waals surface area contributed by atoms with Crippen molar-refractivity contribution < 1.29 is 13.3 Å². The molecule has 0 unspecified atom stereocenters. The van der Waals surface area contributed by atoms with Gasteiger partial charge in [-0.2, -0.15) is 0 Å². The molecule has 7 nitrogen and oxygen atoms in total. The number of carbonyl (C=O) groups is 1. The van der Waals surface area contributed by atoms with Crippen LogP contribution in [0.3, 0.4) is 0 Å². The van der Waals surface area contributed by atoms with Crippen molar-refractivity contribution in [2.24, 2.45) is 0 Å². The van der Waals surface area contributed by atoms with Gasteiger partial charge in [-0.15, -0.1) is 11.3 Å². The molecule has 9 heteroatoms. The summed E-state index contributed by atoms with van der Waals surface area (Å²) in [6.07, 6.45) is 3.10. The number of thiazole rings is 1. The maximum atomic E-state index is 13.4. The number of piperazine rings is 1. The Morgan fingerprint density at radius 1 is 1.21 bits per heavy atom. The first kappa shape index (κ1) is 15.2. The van der Waals surface area contributed by atoms with Crippen LogP contribution < -0.4 is 9.80 Å². The molecule has 0 N–H and O–H groups in total. The molecule has 29 heavy (non-hydrogen) atoms. The fourth-order valence-corrected chi connectivity index (χ4v) is 4.59. The van der Waals surface area contributed by atoms with Crippen molar-refractivity contribution in [1.29, 1.82) is 0 Å². The van der Waals surface area contributed by atoms with E-state index in [1.165, 1.54) is 21.1 Å². The van der Waals surface area contributed by atoms with E-state index in [2.05, 4.69) is 15.0 Å². The number of hydrogen-bond acceptors (Lipinski definition) is 7. The Labute approximate surface area is 176 Å². The van der Waals surface area contributed by atoms with E-state index < -0.39 is 13.1 Å². The van der Waals surface area contributed by atoms with Gasteiger partial charge < -0.3 is 4.90 Å². The third-order valence-corrected chi connectivity index (χ3v) is 6.27. The molecule has 0 spiro atoms. The first-order valence-electron chi connectivity index (χ1n) is 11.0. The number of carbonyl (C=O) groups excluding carboxylic acids is 1. The predicted molar refractivity (Wildman–Crippen MR) is 112 cm³/mol. The second-order valence-corrected chi connectivity index (χ2v) is 8.26. The first-order valence-corrected chi connectivity index (χ1v) is 10.3. The Morgan fingerprint density at radius 3 is 2.83 bits per heavy atom. The van der Waals surface area contributed by atoms with Crippen molar-refractivity contribution in [1.82, 2.24) is 19.9 Å². The molecule has 0 bridgehead atoms. The quantitative estimate of drug-likeness (QED) is 0.651. The molecule has 3 aromatic heterocycles. The van der Waals surface area contributed by atoms with Gasteiger partial charge in [0.1, 0.15) is 28.3 Å². The minimum Gasteiger partial charge on any atom is -0.354 e. The lowest BCUT2D eigenvalue weighted by Gasteiger charge is -2.31. The number of halogens is 1. The van der Waals surface area contributed by atoms with E-state index in [0.29, 0.717) is 30.8 Å². The zero-order valence-corrected chi connectivity index (χ0v) is 16.4. The highest BCUT2D eigenvalue weighted by Crippen LogP contribution is 2.32. The van der Waals surface area contributed by atoms with E-state index in [4.69, 9.17) is 4.11 Å². The maximum absolute atomic E-state index is 13.4. The fourth-order valence-electron chi connectivity index (χ4n) is 3.63. The average Bonchev–Trinajstić information content (AvgIpc) is 3.39. The van der Waals surface area contributed by atoms with Crippen LogP contribution in [0.2, 0.25) is 0 Å². The van der Waals surface area contributed by atoms with Gasteiger partial charge in [-0.1, -0.05) is 0 Å². The summed E-state index contributed by atoms with van der Waals surface area (Å²) in [6.45, 7) is -0.874. The van der Waals surface area contributed by atoms with E-state index in [1.807, 2.05) is 23.1 Å². The standard InChI is InChI=1S/C20H21FN6OS/c1-25-6-7-27(19(28)12-25)18-8-16-15(10-23-18)24-20(29-16)13-2-3-17(22-9-13)26-5-4-14(21)11-26/h2-3,8-10,14H,4-7,11-12H2,1H3/t14-/m1/s1/i1T3. The molecular formula is C20H21FN6OS. The molecule has 1 atom stereocenters. The average molecular weight is 419 g/mol. The monoisotopic (exact) mass is 418 g/mol. The lowest BCUT2D eigenvalue weighted by molar-refractivity contribution is -0.120. The summed E-state index contributed by atoms with van der Waals surface area (Å²) in [4.78, 5) is 30.7. The van der Waals surface area contributed by atoms with Crippen LogP contribution in [0.4, 0.5) is 16.0 Å². The minimum absolute atomic E-state index is 0.164. The topological polar surface area (TPSA) is 65.5 Å². The van der Waals surface area contributed by atoms with Gasteiger partial charge in [0.2, 0.25) is 5.91 Å². The van der Waals surface area contributed by atoms with Gasteiger partial charge >= 0.3 is 0 Å². The van der Waals surface area contributed by atoms with Gasteiger partial charge in [0.25, 0.3) is 0 Å². The van der Waals surface area contributed by atoms with Crippen LogP contribution in [0.25, 0.3) is 20.8 Å². The Bertz CT molecular complexity index is 1150. The highest BCUT2D eigenvalue weighted by molar-refractivity contribution is 7.21. The molecule has 150 valence electrons. The van der Waals surface area contributed by atoms with Crippen molar-refractivity contribution in [3.05, 3.63) is 30.6 Å². The van der Waals surface area contributed by atoms with Crippen LogP contribution in [0.5, 0.6) is 0 Å². The van der Waals surface area contributed by atoms with E-state index >= 15 is 0 Å². The number of amides is 1. The highest BCUT2D eigenvalue weighted by Gasteiger charge is 2.25. The summed E-state index contributed by atoms with van der Waals surface area (Å²) < 4.78 is 36.8. The summed E-state index contributed by atoms with van der Waals surface area (Å²) in [5, 5.41) is 0.779. The maximum Gasteiger partial charge on any atom is 0.242 e. The van der Waals surface area contributed by atoms with E-state index in [-0.39, 0.29) is 25.5 Å². The number of hydrogen-bond donors (Lipinski definition) is 0. The zero-order chi connectivity index (χ0) is 22.5. The lowest BCUT2D eigenvalue weighted by Crippen LogP contribution is -2.49. The van der Waals surface area contributed by atoms with Crippen LogP contribution in [0.15, 0.2) is 30.6 Å². The number of alkyl halides is 1. The second kappa shape index (κ2) is 7.31. The molecule has 2 aliphatic heterocycles. The van der Waals surface area contributed by atoms with Gasteiger partial charge in [-0.25, -0.2) is 19.3 Å². The van der Waals surface area contributed by atoms with Crippen molar-refractivity contribution >= 4 is 39.1 Å². The number of likely N-dealkylation sites (N-methyl/N-ethyl adjacent to an activating group) is 1. The fraction of sp³-hybridized carbons (Fsp3) is 0.400. The number of nitrogens with zero attached hydrogens (tertiary/aromatic N) is 6. The van der Waals surface area contributed by atoms with Crippen molar-refractivity contribution in [2.75, 3.05) is 49.5 Å². The second-order valence-electron chi connectivity index (χ2n) is 7.23. The van der Waals surface area contributed by atoms with Crippen molar-refractivity contribution in [3.63, 3.8) is 0 Å². The van der Waals surface area contributed by atoms with E-state index in [1.54, 1.807) is 12.4 Å². The molecule has 2 aliphatic rings. The number of pyridine rings is 2. The molecule has 0 aromatic carbocycles. The van der Waals surface area contributed by atoms with Gasteiger partial charge in [-0.05, 0) is 25.5 Å². The predicted octanol–water partition coefficient (Wildman–Crippen LogP) is 2.58. The number of anilines is 2. The van der Waals surface area contributed by atoms with Crippen LogP contribution >= 0.6 is 11.3 Å². The third kappa shape index (κ3) is 3.56. The Morgan fingerprint density at radius 2 is 2.10 bits per heavy atom. The molecule has 3 aromatic rings. The van der Waals surface area contributed by atoms with E-state index in [9.17, 15) is 9.18 Å². The molecule has 5 rings (SSSR count). The van der Waals surface area contributed by atoms with Gasteiger partial charge in [-0.3, -0.25) is 14.6 Å². The molecule has 2 saturated heterocycles. The third-order valence-electron chi connectivity index (χ3n) is 5.21. The van der Waals surface area contributed by atoms with Crippen LogP contribution in [-0.4, -0.2) is 71.6 Å². The molecular weight excluding hydrogens is 391 g/mol. The molecule has 0 radical (unpaired) electrons. The van der Waals surface area contributed by atoms with Gasteiger partial charge in [0, 0.05) is 41.6 Å². The number of rotatable bonds is 3. The van der Waals surface area contributed by atoms with Crippen molar-refractivity contribution in [2.45, 2.75) is 12.6 Å². The Hall–Kier alpha value is -2.65. The van der Waals surface area contributed by atoms with Crippen molar-refractivity contribution in [3.8, 4) is 10.6 Å². The Kier molecular flexibility index (Phi) is 3.84. The molecule has 0 saturated carbocycles. The largest absolute Gasteiger partial charge is 0.354 e. The van der Waals surface area contributed by atoms with Crippen LogP contribution in [0, 0.1) is 0 Å². The minimum atomic E-state index is -2.28.